The van der Waals surface area contributed by atoms with Gasteiger partial charge in [-0.15, -0.1) is 12.4 Å². The second kappa shape index (κ2) is 9.37. The molecule has 1 saturated heterocycles. The van der Waals surface area contributed by atoms with Crippen molar-refractivity contribution in [2.45, 2.75) is 26.2 Å². The molecule has 128 valence electrons. The molecule has 3 N–H and O–H groups in total. The van der Waals surface area contributed by atoms with Gasteiger partial charge in [-0.3, -0.25) is 9.59 Å². The molecule has 1 aromatic rings. The van der Waals surface area contributed by atoms with Gasteiger partial charge in [-0.25, -0.2) is 0 Å². The van der Waals surface area contributed by atoms with E-state index < -0.39 is 0 Å². The minimum atomic E-state index is -0.156. The summed E-state index contributed by atoms with van der Waals surface area (Å²) in [6.45, 7) is 3.48. The van der Waals surface area contributed by atoms with Crippen LogP contribution >= 0.6 is 12.4 Å². The standard InChI is InChI=1S/C16H23N3O3.ClH/c1-11(20)18-13-4-5-15(22-2)14(9-13)19-16(21)6-3-12-7-8-17-10-12;/h4-5,9,12,17H,3,6-8,10H2,1-2H3,(H,18,20)(H,19,21);1H. The highest BCUT2D eigenvalue weighted by Crippen LogP contribution is 2.28. The van der Waals surface area contributed by atoms with E-state index in [1.165, 1.54) is 6.92 Å². The number of hydrogen-bond donors (Lipinski definition) is 3. The Balaban J connectivity index is 0.00000264. The SMILES string of the molecule is COc1ccc(NC(C)=O)cc1NC(=O)CCC1CCNC1.Cl. The highest BCUT2D eigenvalue weighted by Gasteiger charge is 2.16. The zero-order valence-corrected chi connectivity index (χ0v) is 14.3. The Kier molecular flexibility index (Phi) is 7.85. The van der Waals surface area contributed by atoms with Crippen LogP contribution in [-0.4, -0.2) is 32.0 Å². The summed E-state index contributed by atoms with van der Waals surface area (Å²) in [5.41, 5.74) is 1.20. The van der Waals surface area contributed by atoms with E-state index in [2.05, 4.69) is 16.0 Å². The van der Waals surface area contributed by atoms with Crippen molar-refractivity contribution in [2.75, 3.05) is 30.8 Å². The first-order valence-corrected chi connectivity index (χ1v) is 7.54. The first-order chi connectivity index (χ1) is 10.6. The minimum Gasteiger partial charge on any atom is -0.495 e. The van der Waals surface area contributed by atoms with Crippen LogP contribution in [0, 0.1) is 5.92 Å². The summed E-state index contributed by atoms with van der Waals surface area (Å²) < 4.78 is 5.25. The zero-order chi connectivity index (χ0) is 15.9. The van der Waals surface area contributed by atoms with E-state index in [1.807, 2.05) is 0 Å². The van der Waals surface area contributed by atoms with Gasteiger partial charge in [0.15, 0.2) is 0 Å². The van der Waals surface area contributed by atoms with E-state index >= 15 is 0 Å². The van der Waals surface area contributed by atoms with Crippen molar-refractivity contribution < 1.29 is 14.3 Å². The Bertz CT molecular complexity index is 545. The number of anilines is 2. The fraction of sp³-hybridized carbons (Fsp3) is 0.500. The van der Waals surface area contributed by atoms with E-state index in [0.29, 0.717) is 29.5 Å². The van der Waals surface area contributed by atoms with Gasteiger partial charge < -0.3 is 20.7 Å². The van der Waals surface area contributed by atoms with Gasteiger partial charge in [-0.1, -0.05) is 0 Å². The van der Waals surface area contributed by atoms with Crippen molar-refractivity contribution >= 4 is 35.6 Å². The molecule has 1 aromatic carbocycles. The van der Waals surface area contributed by atoms with Crippen LogP contribution in [0.15, 0.2) is 18.2 Å². The van der Waals surface area contributed by atoms with Crippen molar-refractivity contribution in [3.63, 3.8) is 0 Å². The highest BCUT2D eigenvalue weighted by atomic mass is 35.5. The maximum atomic E-state index is 12.1. The van der Waals surface area contributed by atoms with E-state index in [0.717, 1.165) is 25.9 Å². The van der Waals surface area contributed by atoms with Crippen LogP contribution in [0.5, 0.6) is 5.75 Å². The number of carbonyl (C=O) groups is 2. The Labute approximate surface area is 142 Å². The summed E-state index contributed by atoms with van der Waals surface area (Å²) >= 11 is 0. The lowest BCUT2D eigenvalue weighted by atomic mass is 10.0. The predicted octanol–water partition coefficient (Wildman–Crippen LogP) is 2.40. The van der Waals surface area contributed by atoms with Crippen molar-refractivity contribution in [1.29, 1.82) is 0 Å². The third-order valence-electron chi connectivity index (χ3n) is 3.74. The molecule has 1 heterocycles. The van der Waals surface area contributed by atoms with E-state index in [9.17, 15) is 9.59 Å². The number of methoxy groups -OCH3 is 1. The fourth-order valence-electron chi connectivity index (χ4n) is 2.60. The Hall–Kier alpha value is -1.79. The summed E-state index contributed by atoms with van der Waals surface area (Å²) in [4.78, 5) is 23.2. The Morgan fingerprint density at radius 1 is 1.35 bits per heavy atom. The van der Waals surface area contributed by atoms with Gasteiger partial charge in [0.2, 0.25) is 11.8 Å². The zero-order valence-electron chi connectivity index (χ0n) is 13.5. The average molecular weight is 342 g/mol. The van der Waals surface area contributed by atoms with Crippen LogP contribution in [0.25, 0.3) is 0 Å². The van der Waals surface area contributed by atoms with Crippen molar-refractivity contribution in [3.05, 3.63) is 18.2 Å². The summed E-state index contributed by atoms with van der Waals surface area (Å²) in [6, 6.07) is 5.16. The molecule has 0 aromatic heterocycles. The number of benzene rings is 1. The molecule has 0 bridgehead atoms. The maximum absolute atomic E-state index is 12.1. The molecule has 1 fully saturated rings. The molecule has 0 spiro atoms. The fourth-order valence-corrected chi connectivity index (χ4v) is 2.60. The topological polar surface area (TPSA) is 79.5 Å². The van der Waals surface area contributed by atoms with Gasteiger partial charge in [-0.05, 0) is 50.0 Å². The van der Waals surface area contributed by atoms with Crippen molar-refractivity contribution in [1.82, 2.24) is 5.32 Å². The largest absolute Gasteiger partial charge is 0.495 e. The van der Waals surface area contributed by atoms with Crippen LogP contribution in [-0.2, 0) is 9.59 Å². The Morgan fingerprint density at radius 2 is 2.13 bits per heavy atom. The second-order valence-corrected chi connectivity index (χ2v) is 5.54. The van der Waals surface area contributed by atoms with Gasteiger partial charge in [-0.2, -0.15) is 0 Å². The van der Waals surface area contributed by atoms with Crippen LogP contribution in [0.1, 0.15) is 26.2 Å². The quantitative estimate of drug-likeness (QED) is 0.742. The summed E-state index contributed by atoms with van der Waals surface area (Å²) in [5, 5.41) is 8.85. The predicted molar refractivity (Wildman–Crippen MR) is 93.4 cm³/mol. The molecule has 0 saturated carbocycles. The molecule has 1 atom stereocenters. The van der Waals surface area contributed by atoms with Crippen LogP contribution in [0.3, 0.4) is 0 Å². The van der Waals surface area contributed by atoms with Gasteiger partial charge in [0.25, 0.3) is 0 Å². The first-order valence-electron chi connectivity index (χ1n) is 7.54. The average Bonchev–Trinajstić information content (AvgIpc) is 2.98. The molecule has 7 heteroatoms. The number of rotatable bonds is 6. The molecule has 23 heavy (non-hydrogen) atoms. The van der Waals surface area contributed by atoms with Crippen LogP contribution in [0.4, 0.5) is 11.4 Å². The van der Waals surface area contributed by atoms with Gasteiger partial charge in [0, 0.05) is 19.0 Å². The molecule has 1 aliphatic heterocycles. The van der Waals surface area contributed by atoms with Gasteiger partial charge in [0.1, 0.15) is 5.75 Å². The van der Waals surface area contributed by atoms with Crippen molar-refractivity contribution in [3.8, 4) is 5.75 Å². The summed E-state index contributed by atoms with van der Waals surface area (Å²) in [7, 11) is 1.55. The lowest BCUT2D eigenvalue weighted by molar-refractivity contribution is -0.116. The molecule has 2 amide bonds. The summed E-state index contributed by atoms with van der Waals surface area (Å²) in [6.07, 6.45) is 2.50. The van der Waals surface area contributed by atoms with Crippen molar-refractivity contribution in [2.24, 2.45) is 5.92 Å². The van der Waals surface area contributed by atoms with E-state index in [4.69, 9.17) is 4.74 Å². The van der Waals surface area contributed by atoms with E-state index in [-0.39, 0.29) is 24.2 Å². The number of amides is 2. The first kappa shape index (κ1) is 19.3. The number of carbonyl (C=O) groups excluding carboxylic acids is 2. The number of hydrogen-bond acceptors (Lipinski definition) is 4. The third kappa shape index (κ3) is 6.08. The van der Waals surface area contributed by atoms with Gasteiger partial charge >= 0.3 is 0 Å². The minimum absolute atomic E-state index is 0. The number of nitrogens with one attached hydrogen (secondary N) is 3. The second-order valence-electron chi connectivity index (χ2n) is 5.54. The van der Waals surface area contributed by atoms with Crippen LogP contribution < -0.4 is 20.7 Å². The lowest BCUT2D eigenvalue weighted by Crippen LogP contribution is -2.15. The smallest absolute Gasteiger partial charge is 0.224 e. The molecule has 0 aliphatic carbocycles. The molecule has 2 rings (SSSR count). The maximum Gasteiger partial charge on any atom is 0.224 e. The molecule has 0 radical (unpaired) electrons. The molecular formula is C16H24ClN3O3. The number of ether oxygens (including phenoxy) is 1. The summed E-state index contributed by atoms with van der Waals surface area (Å²) in [5.74, 6) is 0.963. The Morgan fingerprint density at radius 3 is 2.74 bits per heavy atom. The molecule has 1 aliphatic rings. The van der Waals surface area contributed by atoms with E-state index in [1.54, 1.807) is 25.3 Å². The number of halogens is 1. The lowest BCUT2D eigenvalue weighted by Gasteiger charge is -2.13. The normalized spacial score (nSPS) is 16.3. The molecule has 1 unspecified atom stereocenters. The van der Waals surface area contributed by atoms with Crippen LogP contribution in [0.2, 0.25) is 0 Å². The highest BCUT2D eigenvalue weighted by molar-refractivity contribution is 5.94. The molecule has 6 nitrogen and oxygen atoms in total. The van der Waals surface area contributed by atoms with Gasteiger partial charge in [0.05, 0.1) is 12.8 Å². The molecular weight excluding hydrogens is 318 g/mol. The monoisotopic (exact) mass is 341 g/mol. The third-order valence-corrected chi connectivity index (χ3v) is 3.74.